The van der Waals surface area contributed by atoms with E-state index in [4.69, 9.17) is 18.9 Å². The fourth-order valence-electron chi connectivity index (χ4n) is 2.33. The van der Waals surface area contributed by atoms with Gasteiger partial charge in [0, 0.05) is 27.3 Å². The van der Waals surface area contributed by atoms with Gasteiger partial charge in [0.05, 0.1) is 0 Å². The molecule has 1 heterocycles. The summed E-state index contributed by atoms with van der Waals surface area (Å²) in [7, 11) is 0. The van der Waals surface area contributed by atoms with E-state index in [1.165, 1.54) is 5.32 Å². The van der Waals surface area contributed by atoms with Gasteiger partial charge >= 0.3 is 30.0 Å². The summed E-state index contributed by atoms with van der Waals surface area (Å²) in [5, 5.41) is 11.5. The van der Waals surface area contributed by atoms with Gasteiger partial charge in [0.25, 0.3) is 0 Å². The lowest BCUT2D eigenvalue weighted by molar-refractivity contribution is -0.290. The molecule has 10 nitrogen and oxygen atoms in total. The Kier molecular flexibility index (Phi) is 7.54. The molecule has 1 aliphatic rings. The quantitative estimate of drug-likeness (QED) is 0.447. The van der Waals surface area contributed by atoms with Gasteiger partial charge in [-0.25, -0.2) is 0 Å². The van der Waals surface area contributed by atoms with Gasteiger partial charge in [0.15, 0.2) is 24.6 Å². The standard InChI is InChI=1S/C14H18F3NO9/c1-5(19)24-9-8(4-18-13(23)14(15,16)17)27-12(22)11(26-7(3)21)10(9)25-6(2)20/h8-12,22H,4H2,1-3H3,(H,18,23)/t8-,9+,10+,11-,12?/m1/s1. The predicted molar refractivity (Wildman–Crippen MR) is 76.6 cm³/mol. The Morgan fingerprint density at radius 3 is 1.81 bits per heavy atom. The third-order valence-corrected chi connectivity index (χ3v) is 3.24. The molecule has 0 aliphatic carbocycles. The summed E-state index contributed by atoms with van der Waals surface area (Å²) < 4.78 is 56.6. The minimum Gasteiger partial charge on any atom is -0.456 e. The fraction of sp³-hybridized carbons (Fsp3) is 0.714. The summed E-state index contributed by atoms with van der Waals surface area (Å²) in [5.41, 5.74) is 0. The number of carbonyl (C=O) groups is 4. The van der Waals surface area contributed by atoms with E-state index in [1.54, 1.807) is 0 Å². The van der Waals surface area contributed by atoms with Crippen LogP contribution in [0.25, 0.3) is 0 Å². The summed E-state index contributed by atoms with van der Waals surface area (Å²) in [4.78, 5) is 44.9. The Morgan fingerprint density at radius 1 is 0.926 bits per heavy atom. The van der Waals surface area contributed by atoms with Crippen LogP contribution in [0.1, 0.15) is 20.8 Å². The van der Waals surface area contributed by atoms with Crippen LogP contribution in [-0.4, -0.2) is 72.3 Å². The molecule has 0 saturated carbocycles. The molecule has 13 heteroatoms. The van der Waals surface area contributed by atoms with E-state index in [2.05, 4.69) is 0 Å². The number of carbonyl (C=O) groups excluding carboxylic acids is 4. The Balaban J connectivity index is 3.10. The summed E-state index contributed by atoms with van der Waals surface area (Å²) in [6.45, 7) is 2.06. The third kappa shape index (κ3) is 6.67. The monoisotopic (exact) mass is 401 g/mol. The number of alkyl halides is 3. The topological polar surface area (TPSA) is 137 Å². The smallest absolute Gasteiger partial charge is 0.456 e. The molecular weight excluding hydrogens is 383 g/mol. The normalized spacial score (nSPS) is 28.0. The van der Waals surface area contributed by atoms with Crippen LogP contribution < -0.4 is 5.32 Å². The Hall–Kier alpha value is -2.41. The zero-order chi connectivity index (χ0) is 20.9. The van der Waals surface area contributed by atoms with Crippen LogP contribution in [-0.2, 0) is 38.1 Å². The van der Waals surface area contributed by atoms with Gasteiger partial charge in [-0.15, -0.1) is 0 Å². The third-order valence-electron chi connectivity index (χ3n) is 3.24. The number of rotatable bonds is 5. The molecule has 5 atom stereocenters. The number of hydrogen-bond donors (Lipinski definition) is 2. The van der Waals surface area contributed by atoms with E-state index in [-0.39, 0.29) is 0 Å². The van der Waals surface area contributed by atoms with Crippen molar-refractivity contribution in [3.8, 4) is 0 Å². The first kappa shape index (κ1) is 22.6. The second-order valence-corrected chi connectivity index (χ2v) is 5.50. The van der Waals surface area contributed by atoms with Crippen LogP contribution >= 0.6 is 0 Å². The molecule has 1 rings (SSSR count). The molecule has 27 heavy (non-hydrogen) atoms. The minimum atomic E-state index is -5.18. The molecule has 1 amide bonds. The maximum Gasteiger partial charge on any atom is 0.471 e. The zero-order valence-corrected chi connectivity index (χ0v) is 14.4. The summed E-state index contributed by atoms with van der Waals surface area (Å²) in [5.74, 6) is -5.04. The van der Waals surface area contributed by atoms with Crippen LogP contribution in [0.2, 0.25) is 0 Å². The molecule has 1 saturated heterocycles. The number of amides is 1. The Labute approximate surface area is 150 Å². The highest BCUT2D eigenvalue weighted by atomic mass is 19.4. The maximum absolute atomic E-state index is 12.3. The molecule has 0 spiro atoms. The van der Waals surface area contributed by atoms with Crippen LogP contribution in [0.15, 0.2) is 0 Å². The van der Waals surface area contributed by atoms with Gasteiger partial charge in [-0.1, -0.05) is 0 Å². The first-order valence-electron chi connectivity index (χ1n) is 7.53. The number of aliphatic hydroxyl groups is 1. The van der Waals surface area contributed by atoms with Crippen molar-refractivity contribution in [2.24, 2.45) is 0 Å². The van der Waals surface area contributed by atoms with Crippen molar-refractivity contribution in [1.82, 2.24) is 5.32 Å². The van der Waals surface area contributed by atoms with Crippen molar-refractivity contribution < 1.29 is 56.4 Å². The van der Waals surface area contributed by atoms with Gasteiger partial charge in [0.1, 0.15) is 6.10 Å². The molecule has 1 fully saturated rings. The largest absolute Gasteiger partial charge is 0.471 e. The first-order chi connectivity index (χ1) is 12.3. The van der Waals surface area contributed by atoms with Crippen molar-refractivity contribution in [3.63, 3.8) is 0 Å². The molecule has 154 valence electrons. The molecule has 2 N–H and O–H groups in total. The van der Waals surface area contributed by atoms with Crippen LogP contribution in [0.4, 0.5) is 13.2 Å². The van der Waals surface area contributed by atoms with E-state index >= 15 is 0 Å². The van der Waals surface area contributed by atoms with Gasteiger partial charge < -0.3 is 29.4 Å². The Bertz CT molecular complexity index is 595. The number of hydrogen-bond acceptors (Lipinski definition) is 9. The Morgan fingerprint density at radius 2 is 1.37 bits per heavy atom. The lowest BCUT2D eigenvalue weighted by atomic mass is 9.97. The van der Waals surface area contributed by atoms with Crippen molar-refractivity contribution in [1.29, 1.82) is 0 Å². The zero-order valence-electron chi connectivity index (χ0n) is 14.4. The number of aliphatic hydroxyl groups excluding tert-OH is 1. The lowest BCUT2D eigenvalue weighted by Crippen LogP contribution is -2.63. The number of halogens is 3. The molecule has 0 aromatic heterocycles. The number of ether oxygens (including phenoxy) is 4. The predicted octanol–water partition coefficient (Wildman–Crippen LogP) is -0.823. The van der Waals surface area contributed by atoms with Gasteiger partial charge in [0.2, 0.25) is 0 Å². The van der Waals surface area contributed by atoms with Crippen molar-refractivity contribution >= 4 is 23.8 Å². The van der Waals surface area contributed by atoms with Crippen LogP contribution in [0, 0.1) is 0 Å². The summed E-state index contributed by atoms with van der Waals surface area (Å²) >= 11 is 0. The molecule has 0 aromatic rings. The van der Waals surface area contributed by atoms with Crippen LogP contribution in [0.5, 0.6) is 0 Å². The fourth-order valence-corrected chi connectivity index (χ4v) is 2.33. The minimum absolute atomic E-state index is 0.849. The average molecular weight is 401 g/mol. The second kappa shape index (κ2) is 8.99. The first-order valence-corrected chi connectivity index (χ1v) is 7.53. The lowest BCUT2D eigenvalue weighted by Gasteiger charge is -2.42. The van der Waals surface area contributed by atoms with E-state index in [0.717, 1.165) is 20.8 Å². The van der Waals surface area contributed by atoms with Crippen LogP contribution in [0.3, 0.4) is 0 Å². The van der Waals surface area contributed by atoms with E-state index in [1.807, 2.05) is 0 Å². The molecule has 0 bridgehead atoms. The highest BCUT2D eigenvalue weighted by Gasteiger charge is 2.51. The van der Waals surface area contributed by atoms with Gasteiger partial charge in [-0.05, 0) is 0 Å². The van der Waals surface area contributed by atoms with Crippen molar-refractivity contribution in [3.05, 3.63) is 0 Å². The highest BCUT2D eigenvalue weighted by molar-refractivity contribution is 5.81. The van der Waals surface area contributed by atoms with E-state index in [9.17, 15) is 37.5 Å². The summed E-state index contributed by atoms with van der Waals surface area (Å²) in [6.07, 6.45) is -13.4. The van der Waals surface area contributed by atoms with E-state index in [0.29, 0.717) is 0 Å². The van der Waals surface area contributed by atoms with E-state index < -0.39 is 67.2 Å². The molecule has 0 radical (unpaired) electrons. The molecular formula is C14H18F3NO9. The SMILES string of the molecule is CC(=O)O[C@@H]1[C@H](OC(C)=O)[C@@H](OC(C)=O)C(O)O[C@@H]1CNC(=O)C(F)(F)F. The molecule has 0 aromatic carbocycles. The maximum atomic E-state index is 12.3. The summed E-state index contributed by atoms with van der Waals surface area (Å²) in [6, 6.07) is 0. The van der Waals surface area contributed by atoms with Crippen molar-refractivity contribution in [2.75, 3.05) is 6.54 Å². The number of nitrogens with one attached hydrogen (secondary N) is 1. The molecule has 1 aliphatic heterocycles. The van der Waals surface area contributed by atoms with Gasteiger partial charge in [-0.3, -0.25) is 19.2 Å². The van der Waals surface area contributed by atoms with Crippen molar-refractivity contribution in [2.45, 2.75) is 57.7 Å². The highest BCUT2D eigenvalue weighted by Crippen LogP contribution is 2.28. The average Bonchev–Trinajstić information content (AvgIpc) is 2.49. The molecule has 1 unspecified atom stereocenters. The van der Waals surface area contributed by atoms with Gasteiger partial charge in [-0.2, -0.15) is 13.2 Å². The second-order valence-electron chi connectivity index (χ2n) is 5.50. The number of esters is 3.